The first-order valence-corrected chi connectivity index (χ1v) is 11.9. The molecule has 1 amide bonds. The molecule has 0 saturated carbocycles. The van der Waals surface area contributed by atoms with Crippen molar-refractivity contribution in [2.75, 3.05) is 13.2 Å². The van der Waals surface area contributed by atoms with Gasteiger partial charge in [-0.25, -0.2) is 9.97 Å². The van der Waals surface area contributed by atoms with E-state index < -0.39 is 6.10 Å². The van der Waals surface area contributed by atoms with Crippen molar-refractivity contribution in [3.63, 3.8) is 0 Å². The number of carbonyl (C=O) groups is 1. The molecule has 8 heteroatoms. The molecule has 0 spiro atoms. The Morgan fingerprint density at radius 1 is 1.26 bits per heavy atom. The molecule has 1 fully saturated rings. The highest BCUT2D eigenvalue weighted by molar-refractivity contribution is 7.17. The van der Waals surface area contributed by atoms with Crippen molar-refractivity contribution in [1.29, 1.82) is 0 Å². The van der Waals surface area contributed by atoms with E-state index in [0.717, 1.165) is 32.6 Å². The Kier molecular flexibility index (Phi) is 5.78. The second-order valence-corrected chi connectivity index (χ2v) is 9.19. The number of benzene rings is 1. The molecule has 0 bridgehead atoms. The van der Waals surface area contributed by atoms with Crippen LogP contribution in [0.1, 0.15) is 28.0 Å². The molecule has 1 saturated heterocycles. The highest BCUT2D eigenvalue weighted by atomic mass is 32.1. The van der Waals surface area contributed by atoms with E-state index in [1.807, 2.05) is 28.4 Å². The zero-order chi connectivity index (χ0) is 21.2. The first-order chi connectivity index (χ1) is 15.2. The maximum absolute atomic E-state index is 12.9. The largest absolute Gasteiger partial charge is 0.389 e. The van der Waals surface area contributed by atoms with Crippen molar-refractivity contribution in [2.45, 2.75) is 25.0 Å². The Balaban J connectivity index is 1.39. The fourth-order valence-corrected chi connectivity index (χ4v) is 5.18. The van der Waals surface area contributed by atoms with E-state index in [1.165, 1.54) is 0 Å². The number of rotatable bonds is 5. The molecular formula is C23H21N3O3S2. The van der Waals surface area contributed by atoms with E-state index in [-0.39, 0.29) is 18.6 Å². The Morgan fingerprint density at radius 2 is 2.13 bits per heavy atom. The highest BCUT2D eigenvalue weighted by Gasteiger charge is 2.26. The summed E-state index contributed by atoms with van der Waals surface area (Å²) in [6.45, 7) is 0.769. The summed E-state index contributed by atoms with van der Waals surface area (Å²) >= 11 is 3.21. The van der Waals surface area contributed by atoms with Crippen LogP contribution in [0.25, 0.3) is 21.5 Å². The van der Waals surface area contributed by atoms with Gasteiger partial charge in [-0.05, 0) is 41.5 Å². The molecule has 1 aliphatic rings. The molecule has 3 aromatic heterocycles. The third-order valence-electron chi connectivity index (χ3n) is 5.44. The van der Waals surface area contributed by atoms with Crippen LogP contribution in [0.3, 0.4) is 0 Å². The fourth-order valence-electron chi connectivity index (χ4n) is 3.77. The molecule has 2 N–H and O–H groups in total. The molecule has 1 aromatic carbocycles. The van der Waals surface area contributed by atoms with Crippen molar-refractivity contribution in [3.05, 3.63) is 69.5 Å². The number of fused-ring (bicyclic) bond motifs is 1. The number of hydrogen-bond acceptors (Lipinski definition) is 7. The van der Waals surface area contributed by atoms with Gasteiger partial charge in [0.15, 0.2) is 0 Å². The van der Waals surface area contributed by atoms with Crippen LogP contribution in [0.2, 0.25) is 0 Å². The van der Waals surface area contributed by atoms with E-state index in [9.17, 15) is 9.90 Å². The lowest BCUT2D eigenvalue weighted by molar-refractivity contribution is -0.0261. The van der Waals surface area contributed by atoms with Crippen LogP contribution in [-0.4, -0.2) is 46.3 Å². The van der Waals surface area contributed by atoms with Gasteiger partial charge in [-0.15, -0.1) is 22.7 Å². The monoisotopic (exact) mass is 451 g/mol. The van der Waals surface area contributed by atoms with E-state index in [1.54, 1.807) is 22.7 Å². The third-order valence-corrected chi connectivity index (χ3v) is 7.01. The molecule has 0 radical (unpaired) electrons. The summed E-state index contributed by atoms with van der Waals surface area (Å²) in [6.07, 6.45) is 0.598. The van der Waals surface area contributed by atoms with Crippen molar-refractivity contribution in [3.8, 4) is 11.3 Å². The van der Waals surface area contributed by atoms with E-state index in [2.05, 4.69) is 39.6 Å². The van der Waals surface area contributed by atoms with Crippen LogP contribution in [-0.2, 0) is 11.2 Å². The SMILES string of the molecule is O=C(N[C@H]1CCOC[C@@H]1O)c1cc(Cc2ccc(-c3cscn3)cc2)c2sccc2n1. The van der Waals surface area contributed by atoms with Gasteiger partial charge in [0.25, 0.3) is 5.91 Å². The molecule has 4 aromatic rings. The quantitative estimate of drug-likeness (QED) is 0.481. The maximum atomic E-state index is 12.9. The number of hydrogen-bond donors (Lipinski definition) is 2. The lowest BCUT2D eigenvalue weighted by Crippen LogP contribution is -2.48. The highest BCUT2D eigenvalue weighted by Crippen LogP contribution is 2.27. The molecule has 4 heterocycles. The Labute approximate surface area is 187 Å². The fraction of sp³-hybridized carbons (Fsp3) is 0.261. The normalized spacial score (nSPS) is 18.9. The lowest BCUT2D eigenvalue weighted by Gasteiger charge is -2.28. The molecule has 0 aliphatic carbocycles. The predicted molar refractivity (Wildman–Crippen MR) is 123 cm³/mol. The minimum atomic E-state index is -0.696. The molecule has 0 unspecified atom stereocenters. The molecule has 1 aliphatic heterocycles. The maximum Gasteiger partial charge on any atom is 0.270 e. The summed E-state index contributed by atoms with van der Waals surface area (Å²) in [6, 6.07) is 11.9. The van der Waals surface area contributed by atoms with Crippen molar-refractivity contribution >= 4 is 38.8 Å². The van der Waals surface area contributed by atoms with Gasteiger partial charge in [0, 0.05) is 17.6 Å². The van der Waals surface area contributed by atoms with Gasteiger partial charge < -0.3 is 15.2 Å². The number of amides is 1. The summed E-state index contributed by atoms with van der Waals surface area (Å²) in [5, 5.41) is 17.0. The minimum absolute atomic E-state index is 0.240. The summed E-state index contributed by atoms with van der Waals surface area (Å²) < 4.78 is 6.33. The van der Waals surface area contributed by atoms with Crippen LogP contribution in [0.5, 0.6) is 0 Å². The zero-order valence-corrected chi connectivity index (χ0v) is 18.3. The van der Waals surface area contributed by atoms with Crippen LogP contribution < -0.4 is 5.32 Å². The second kappa shape index (κ2) is 8.84. The Bertz CT molecular complexity index is 1190. The summed E-state index contributed by atoms with van der Waals surface area (Å²) in [4.78, 5) is 21.8. The molecule has 158 valence electrons. The number of thiazole rings is 1. The molecule has 6 nitrogen and oxygen atoms in total. The Hall–Kier alpha value is -2.65. The summed E-state index contributed by atoms with van der Waals surface area (Å²) in [5.41, 5.74) is 7.33. The number of thiophene rings is 1. The number of nitrogens with one attached hydrogen (secondary N) is 1. The van der Waals surface area contributed by atoms with Gasteiger partial charge in [0.1, 0.15) is 5.69 Å². The van der Waals surface area contributed by atoms with Gasteiger partial charge in [0.2, 0.25) is 0 Å². The average Bonchev–Trinajstić information content (AvgIpc) is 3.48. The van der Waals surface area contributed by atoms with E-state index in [0.29, 0.717) is 25.1 Å². The topological polar surface area (TPSA) is 84.3 Å². The average molecular weight is 452 g/mol. The Morgan fingerprint density at radius 3 is 2.90 bits per heavy atom. The van der Waals surface area contributed by atoms with Crippen molar-refractivity contribution < 1.29 is 14.6 Å². The van der Waals surface area contributed by atoms with Gasteiger partial charge in [0.05, 0.1) is 40.2 Å². The van der Waals surface area contributed by atoms with Crippen molar-refractivity contribution in [2.24, 2.45) is 0 Å². The standard InChI is InChI=1S/C23H21N3O3S2/c27-21-11-29-7-5-17(21)26-23(28)19-10-16(22-18(25-19)6-8-31-22)9-14-1-3-15(4-2-14)20-12-30-13-24-20/h1-4,6,8,10,12-13,17,21,27H,5,7,9,11H2,(H,26,28)/t17-,21-/m0/s1. The lowest BCUT2D eigenvalue weighted by atomic mass is 10.0. The number of pyridine rings is 1. The van der Waals surface area contributed by atoms with Gasteiger partial charge in [-0.1, -0.05) is 24.3 Å². The first kappa shape index (κ1) is 20.3. The first-order valence-electron chi connectivity index (χ1n) is 10.1. The summed E-state index contributed by atoms with van der Waals surface area (Å²) in [7, 11) is 0. The molecular weight excluding hydrogens is 430 g/mol. The number of aliphatic hydroxyl groups excluding tert-OH is 1. The minimum Gasteiger partial charge on any atom is -0.389 e. The van der Waals surface area contributed by atoms with Crippen LogP contribution in [0, 0.1) is 0 Å². The number of carbonyl (C=O) groups excluding carboxylic acids is 1. The van der Waals surface area contributed by atoms with E-state index >= 15 is 0 Å². The van der Waals surface area contributed by atoms with Crippen molar-refractivity contribution in [1.82, 2.24) is 15.3 Å². The third kappa shape index (κ3) is 4.38. The van der Waals surface area contributed by atoms with Gasteiger partial charge >= 0.3 is 0 Å². The number of aromatic nitrogens is 2. The zero-order valence-electron chi connectivity index (χ0n) is 16.7. The molecule has 31 heavy (non-hydrogen) atoms. The number of aliphatic hydroxyl groups is 1. The number of ether oxygens (including phenoxy) is 1. The van der Waals surface area contributed by atoms with Gasteiger partial charge in [-0.2, -0.15) is 0 Å². The molecule has 2 atom stereocenters. The van der Waals surface area contributed by atoms with Crippen LogP contribution >= 0.6 is 22.7 Å². The molecule has 5 rings (SSSR count). The van der Waals surface area contributed by atoms with E-state index in [4.69, 9.17) is 4.74 Å². The smallest absolute Gasteiger partial charge is 0.270 e. The van der Waals surface area contributed by atoms with Crippen LogP contribution in [0.15, 0.2) is 52.7 Å². The number of nitrogens with zero attached hydrogens (tertiary/aromatic N) is 2. The summed E-state index contributed by atoms with van der Waals surface area (Å²) in [5.74, 6) is -0.265. The van der Waals surface area contributed by atoms with Crippen LogP contribution in [0.4, 0.5) is 0 Å². The van der Waals surface area contributed by atoms with Gasteiger partial charge in [-0.3, -0.25) is 4.79 Å². The predicted octanol–water partition coefficient (Wildman–Crippen LogP) is 3.89. The second-order valence-electron chi connectivity index (χ2n) is 7.56.